The van der Waals surface area contributed by atoms with Crippen LogP contribution in [-0.2, 0) is 16.0 Å². The number of nitrogens with zero attached hydrogens (tertiary/aromatic N) is 1. The zero-order valence-corrected chi connectivity index (χ0v) is 11.8. The van der Waals surface area contributed by atoms with Gasteiger partial charge in [0.1, 0.15) is 6.04 Å². The predicted octanol–water partition coefficient (Wildman–Crippen LogP) is 1.61. The molecular formula is C12H18N2O3S. The third-order valence-electron chi connectivity index (χ3n) is 2.43. The third kappa shape index (κ3) is 4.10. The fourth-order valence-electron chi connectivity index (χ4n) is 1.51. The predicted molar refractivity (Wildman–Crippen MR) is 69.6 cm³/mol. The monoisotopic (exact) mass is 270 g/mol. The summed E-state index contributed by atoms with van der Waals surface area (Å²) in [5, 5.41) is 14.3. The van der Waals surface area contributed by atoms with Crippen molar-refractivity contribution in [1.29, 1.82) is 0 Å². The van der Waals surface area contributed by atoms with Crippen LogP contribution in [0.15, 0.2) is 5.38 Å². The Labute approximate surface area is 110 Å². The van der Waals surface area contributed by atoms with E-state index in [1.165, 1.54) is 11.3 Å². The van der Waals surface area contributed by atoms with E-state index < -0.39 is 17.4 Å². The Morgan fingerprint density at radius 2 is 2.11 bits per heavy atom. The van der Waals surface area contributed by atoms with E-state index in [4.69, 9.17) is 5.11 Å². The summed E-state index contributed by atoms with van der Waals surface area (Å²) in [6, 6.07) is -0.898. The van der Waals surface area contributed by atoms with Crippen LogP contribution in [0.25, 0.3) is 0 Å². The van der Waals surface area contributed by atoms with Gasteiger partial charge in [-0.2, -0.15) is 0 Å². The molecule has 5 nitrogen and oxygen atoms in total. The summed E-state index contributed by atoms with van der Waals surface area (Å²) < 4.78 is 0. The van der Waals surface area contributed by atoms with E-state index in [1.807, 2.05) is 12.3 Å². The van der Waals surface area contributed by atoms with Gasteiger partial charge in [0.15, 0.2) is 0 Å². The van der Waals surface area contributed by atoms with Gasteiger partial charge >= 0.3 is 5.97 Å². The molecule has 0 aliphatic carbocycles. The first-order valence-electron chi connectivity index (χ1n) is 5.63. The van der Waals surface area contributed by atoms with Crippen molar-refractivity contribution < 1.29 is 14.7 Å². The highest BCUT2D eigenvalue weighted by Crippen LogP contribution is 2.19. The first kappa shape index (κ1) is 14.6. The highest BCUT2D eigenvalue weighted by molar-refractivity contribution is 7.09. The number of amides is 1. The van der Waals surface area contributed by atoms with E-state index in [1.54, 1.807) is 20.8 Å². The SMILES string of the molecule is Cc1nc(CC(=O)NC(C(=O)O)C(C)(C)C)cs1. The molecule has 1 unspecified atom stereocenters. The van der Waals surface area contributed by atoms with Crippen molar-refractivity contribution in [2.75, 3.05) is 0 Å². The number of carbonyl (C=O) groups excluding carboxylic acids is 1. The number of carboxylic acids is 1. The molecule has 18 heavy (non-hydrogen) atoms. The Morgan fingerprint density at radius 3 is 2.50 bits per heavy atom. The fourth-order valence-corrected chi connectivity index (χ4v) is 2.13. The van der Waals surface area contributed by atoms with Crippen molar-refractivity contribution in [2.45, 2.75) is 40.2 Å². The molecule has 1 rings (SSSR count). The topological polar surface area (TPSA) is 79.3 Å². The lowest BCUT2D eigenvalue weighted by Crippen LogP contribution is -2.49. The number of rotatable bonds is 4. The molecule has 0 bridgehead atoms. The van der Waals surface area contributed by atoms with Gasteiger partial charge in [-0.15, -0.1) is 11.3 Å². The number of nitrogens with one attached hydrogen (secondary N) is 1. The number of aromatic nitrogens is 1. The summed E-state index contributed by atoms with van der Waals surface area (Å²) in [6.07, 6.45) is 0.115. The molecule has 100 valence electrons. The molecule has 0 aliphatic heterocycles. The lowest BCUT2D eigenvalue weighted by atomic mass is 9.86. The van der Waals surface area contributed by atoms with E-state index in [-0.39, 0.29) is 12.3 Å². The Bertz CT molecular complexity index is 448. The normalized spacial score (nSPS) is 13.1. The van der Waals surface area contributed by atoms with Gasteiger partial charge in [-0.05, 0) is 12.3 Å². The summed E-state index contributed by atoms with van der Waals surface area (Å²) >= 11 is 1.47. The molecule has 1 amide bonds. The average Bonchev–Trinajstić information content (AvgIpc) is 2.58. The minimum atomic E-state index is -1.02. The maximum atomic E-state index is 11.8. The summed E-state index contributed by atoms with van der Waals surface area (Å²) in [6.45, 7) is 7.19. The Hall–Kier alpha value is -1.43. The highest BCUT2D eigenvalue weighted by Gasteiger charge is 2.32. The van der Waals surface area contributed by atoms with Crippen molar-refractivity contribution in [3.8, 4) is 0 Å². The van der Waals surface area contributed by atoms with Gasteiger partial charge in [-0.1, -0.05) is 20.8 Å². The van der Waals surface area contributed by atoms with Gasteiger partial charge in [0.05, 0.1) is 17.1 Å². The number of hydrogen-bond donors (Lipinski definition) is 2. The van der Waals surface area contributed by atoms with Crippen molar-refractivity contribution in [2.24, 2.45) is 5.41 Å². The van der Waals surface area contributed by atoms with Crippen molar-refractivity contribution in [3.05, 3.63) is 16.1 Å². The maximum absolute atomic E-state index is 11.8. The molecule has 0 fully saturated rings. The van der Waals surface area contributed by atoms with E-state index in [9.17, 15) is 9.59 Å². The van der Waals surface area contributed by atoms with Crippen LogP contribution in [-0.4, -0.2) is 28.0 Å². The molecule has 0 saturated carbocycles. The summed E-state index contributed by atoms with van der Waals surface area (Å²) in [5.74, 6) is -1.34. The molecule has 2 N–H and O–H groups in total. The minimum Gasteiger partial charge on any atom is -0.480 e. The molecule has 1 aromatic rings. The largest absolute Gasteiger partial charge is 0.480 e. The number of thiazole rings is 1. The lowest BCUT2D eigenvalue weighted by molar-refractivity contribution is -0.144. The number of carbonyl (C=O) groups is 2. The maximum Gasteiger partial charge on any atom is 0.326 e. The van der Waals surface area contributed by atoms with Gasteiger partial charge in [0, 0.05) is 5.38 Å². The molecule has 1 heterocycles. The Morgan fingerprint density at radius 1 is 1.50 bits per heavy atom. The zero-order valence-electron chi connectivity index (χ0n) is 11.0. The van der Waals surface area contributed by atoms with Crippen LogP contribution in [0.4, 0.5) is 0 Å². The number of carboxylic acid groups (broad SMARTS) is 1. The number of aryl methyl sites for hydroxylation is 1. The van der Waals surface area contributed by atoms with Crippen LogP contribution in [0.1, 0.15) is 31.5 Å². The van der Waals surface area contributed by atoms with Crippen LogP contribution in [0.3, 0.4) is 0 Å². The third-order valence-corrected chi connectivity index (χ3v) is 3.25. The van der Waals surface area contributed by atoms with E-state index in [0.29, 0.717) is 5.69 Å². The molecule has 6 heteroatoms. The molecular weight excluding hydrogens is 252 g/mol. The van der Waals surface area contributed by atoms with Gasteiger partial charge < -0.3 is 10.4 Å². The molecule has 0 radical (unpaired) electrons. The number of hydrogen-bond acceptors (Lipinski definition) is 4. The molecule has 0 spiro atoms. The van der Waals surface area contributed by atoms with Crippen LogP contribution < -0.4 is 5.32 Å². The molecule has 1 aromatic heterocycles. The van der Waals surface area contributed by atoms with E-state index in [2.05, 4.69) is 10.3 Å². The van der Waals surface area contributed by atoms with Crippen LogP contribution >= 0.6 is 11.3 Å². The summed E-state index contributed by atoms with van der Waals surface area (Å²) in [4.78, 5) is 27.1. The van der Waals surface area contributed by atoms with Gasteiger partial charge in [0.25, 0.3) is 0 Å². The van der Waals surface area contributed by atoms with Gasteiger partial charge in [-0.3, -0.25) is 4.79 Å². The molecule has 1 atom stereocenters. The smallest absolute Gasteiger partial charge is 0.326 e. The molecule has 0 aromatic carbocycles. The van der Waals surface area contributed by atoms with Gasteiger partial charge in [-0.25, -0.2) is 9.78 Å². The first-order valence-corrected chi connectivity index (χ1v) is 6.51. The molecule has 0 aliphatic rings. The number of aliphatic carboxylic acids is 1. The highest BCUT2D eigenvalue weighted by atomic mass is 32.1. The lowest BCUT2D eigenvalue weighted by Gasteiger charge is -2.27. The minimum absolute atomic E-state index is 0.115. The Kier molecular flexibility index (Phi) is 4.45. The van der Waals surface area contributed by atoms with Crippen LogP contribution in [0.5, 0.6) is 0 Å². The van der Waals surface area contributed by atoms with Crippen LogP contribution in [0, 0.1) is 12.3 Å². The Balaban J connectivity index is 2.65. The van der Waals surface area contributed by atoms with Crippen molar-refractivity contribution in [3.63, 3.8) is 0 Å². The van der Waals surface area contributed by atoms with E-state index >= 15 is 0 Å². The van der Waals surface area contributed by atoms with Gasteiger partial charge in [0.2, 0.25) is 5.91 Å². The standard InChI is InChI=1S/C12H18N2O3S/c1-7-13-8(6-18-7)5-9(15)14-10(11(16)17)12(2,3)4/h6,10H,5H2,1-4H3,(H,14,15)(H,16,17). The quantitative estimate of drug-likeness (QED) is 0.871. The van der Waals surface area contributed by atoms with Crippen molar-refractivity contribution in [1.82, 2.24) is 10.3 Å². The average molecular weight is 270 g/mol. The second-order valence-electron chi connectivity index (χ2n) is 5.24. The van der Waals surface area contributed by atoms with Crippen LogP contribution in [0.2, 0.25) is 0 Å². The fraction of sp³-hybridized carbons (Fsp3) is 0.583. The second-order valence-corrected chi connectivity index (χ2v) is 6.30. The zero-order chi connectivity index (χ0) is 13.9. The van der Waals surface area contributed by atoms with Crippen molar-refractivity contribution >= 4 is 23.2 Å². The van der Waals surface area contributed by atoms with E-state index in [0.717, 1.165) is 5.01 Å². The second kappa shape index (κ2) is 5.48. The summed E-state index contributed by atoms with van der Waals surface area (Å²) in [5.41, 5.74) is 0.146. The summed E-state index contributed by atoms with van der Waals surface area (Å²) in [7, 11) is 0. The first-order chi connectivity index (χ1) is 8.20. The molecule has 0 saturated heterocycles.